The maximum absolute atomic E-state index is 13.2. The third kappa shape index (κ3) is 3.48. The van der Waals surface area contributed by atoms with Crippen molar-refractivity contribution in [3.63, 3.8) is 0 Å². The second-order valence-corrected chi connectivity index (χ2v) is 4.99. The number of carbonyl (C=O) groups excluding carboxylic acids is 1. The molecule has 4 nitrogen and oxygen atoms in total. The van der Waals surface area contributed by atoms with Crippen LogP contribution >= 0.6 is 0 Å². The van der Waals surface area contributed by atoms with Crippen LogP contribution in [-0.2, 0) is 9.53 Å². The second-order valence-electron chi connectivity index (χ2n) is 4.99. The number of carbonyl (C=O) groups is 1. The van der Waals surface area contributed by atoms with Crippen LogP contribution in [-0.4, -0.2) is 32.3 Å². The summed E-state index contributed by atoms with van der Waals surface area (Å²) in [5.41, 5.74) is 0.654. The number of ether oxygens (including phenoxy) is 2. The number of benzene rings is 1. The van der Waals surface area contributed by atoms with Crippen LogP contribution in [0.4, 0.5) is 10.1 Å². The molecule has 2 rings (SSSR count). The van der Waals surface area contributed by atoms with Gasteiger partial charge in [-0.15, -0.1) is 0 Å². The minimum atomic E-state index is -0.356. The maximum atomic E-state index is 13.2. The van der Waals surface area contributed by atoms with E-state index in [9.17, 15) is 9.18 Å². The number of unbranched alkanes of at least 4 members (excludes halogenated alkanes) is 1. The first kappa shape index (κ1) is 14.8. The van der Waals surface area contributed by atoms with Crippen molar-refractivity contribution in [3.05, 3.63) is 24.0 Å². The molecule has 1 heterocycles. The zero-order chi connectivity index (χ0) is 14.5. The number of hydrogen-bond acceptors (Lipinski definition) is 3. The molecular formula is C15H20FNO3. The fraction of sp³-hybridized carbons (Fsp3) is 0.533. The Balaban J connectivity index is 2.06. The van der Waals surface area contributed by atoms with E-state index in [2.05, 4.69) is 0 Å². The normalized spacial score (nSPS) is 17.6. The summed E-state index contributed by atoms with van der Waals surface area (Å²) in [5, 5.41) is 0. The van der Waals surface area contributed by atoms with Crippen LogP contribution in [0.5, 0.6) is 5.75 Å². The molecular weight excluding hydrogens is 261 g/mol. The van der Waals surface area contributed by atoms with Gasteiger partial charge >= 0.3 is 0 Å². The van der Waals surface area contributed by atoms with E-state index in [4.69, 9.17) is 9.47 Å². The Bertz CT molecular complexity index is 478. The third-order valence-corrected chi connectivity index (χ3v) is 3.27. The zero-order valence-electron chi connectivity index (χ0n) is 11.9. The Labute approximate surface area is 118 Å². The van der Waals surface area contributed by atoms with E-state index in [-0.39, 0.29) is 17.8 Å². The van der Waals surface area contributed by atoms with Crippen LogP contribution in [0.25, 0.3) is 0 Å². The molecule has 1 unspecified atom stereocenters. The van der Waals surface area contributed by atoms with Crippen molar-refractivity contribution >= 4 is 11.6 Å². The predicted octanol–water partition coefficient (Wildman–Crippen LogP) is 2.76. The molecule has 0 fully saturated rings. The average molecular weight is 281 g/mol. The first-order valence-electron chi connectivity index (χ1n) is 6.87. The highest BCUT2D eigenvalue weighted by atomic mass is 19.1. The van der Waals surface area contributed by atoms with E-state index in [1.165, 1.54) is 12.1 Å². The summed E-state index contributed by atoms with van der Waals surface area (Å²) in [5.74, 6) is 0.128. The maximum Gasteiger partial charge on any atom is 0.227 e. The Morgan fingerprint density at radius 3 is 3.05 bits per heavy atom. The van der Waals surface area contributed by atoms with Gasteiger partial charge in [-0.25, -0.2) is 4.39 Å². The number of anilines is 1. The third-order valence-electron chi connectivity index (χ3n) is 3.27. The highest BCUT2D eigenvalue weighted by Gasteiger charge is 2.27. The number of methoxy groups -OCH3 is 1. The van der Waals surface area contributed by atoms with Crippen LogP contribution in [0.15, 0.2) is 18.2 Å². The summed E-state index contributed by atoms with van der Waals surface area (Å²) in [6.45, 7) is 3.04. The summed E-state index contributed by atoms with van der Waals surface area (Å²) in [7, 11) is 1.65. The quantitative estimate of drug-likeness (QED) is 0.779. The standard InChI is InChI=1S/C15H20FNO3/c1-11-10-17(15(18)5-3-4-8-19-2)13-7-6-12(16)9-14(13)20-11/h6-7,9,11H,3-5,8,10H2,1-2H3. The van der Waals surface area contributed by atoms with Gasteiger partial charge in [-0.3, -0.25) is 4.79 Å². The van der Waals surface area contributed by atoms with Crippen LogP contribution in [0, 0.1) is 5.82 Å². The molecule has 0 radical (unpaired) electrons. The summed E-state index contributed by atoms with van der Waals surface area (Å²) in [4.78, 5) is 14.0. The number of hydrogen-bond donors (Lipinski definition) is 0. The van der Waals surface area contributed by atoms with Gasteiger partial charge in [0.2, 0.25) is 5.91 Å². The first-order valence-corrected chi connectivity index (χ1v) is 6.87. The van der Waals surface area contributed by atoms with E-state index in [0.29, 0.717) is 31.0 Å². The van der Waals surface area contributed by atoms with Crippen molar-refractivity contribution in [2.75, 3.05) is 25.2 Å². The van der Waals surface area contributed by atoms with E-state index in [0.717, 1.165) is 12.8 Å². The monoisotopic (exact) mass is 281 g/mol. The van der Waals surface area contributed by atoms with E-state index >= 15 is 0 Å². The number of rotatable bonds is 5. The lowest BCUT2D eigenvalue weighted by molar-refractivity contribution is -0.119. The molecule has 0 saturated heterocycles. The largest absolute Gasteiger partial charge is 0.487 e. The molecule has 0 spiro atoms. The fourth-order valence-electron chi connectivity index (χ4n) is 2.31. The number of halogens is 1. The van der Waals surface area contributed by atoms with Crippen LogP contribution in [0.2, 0.25) is 0 Å². The Morgan fingerprint density at radius 1 is 1.50 bits per heavy atom. The lowest BCUT2D eigenvalue weighted by Gasteiger charge is -2.33. The Hall–Kier alpha value is -1.62. The molecule has 0 aliphatic carbocycles. The molecule has 1 aliphatic rings. The Morgan fingerprint density at radius 2 is 2.30 bits per heavy atom. The minimum absolute atomic E-state index is 0.0455. The van der Waals surface area contributed by atoms with Crippen molar-refractivity contribution < 1.29 is 18.7 Å². The molecule has 0 aromatic heterocycles. The molecule has 1 aromatic rings. The number of nitrogens with zero attached hydrogens (tertiary/aromatic N) is 1. The molecule has 1 atom stereocenters. The summed E-state index contributed by atoms with van der Waals surface area (Å²) in [6.07, 6.45) is 1.98. The smallest absolute Gasteiger partial charge is 0.227 e. The minimum Gasteiger partial charge on any atom is -0.487 e. The molecule has 110 valence electrons. The molecule has 0 N–H and O–H groups in total. The predicted molar refractivity (Wildman–Crippen MR) is 74.6 cm³/mol. The van der Waals surface area contributed by atoms with Gasteiger partial charge in [0.15, 0.2) is 0 Å². The van der Waals surface area contributed by atoms with Gasteiger partial charge in [-0.1, -0.05) is 0 Å². The number of amides is 1. The average Bonchev–Trinajstić information content (AvgIpc) is 2.42. The molecule has 1 aromatic carbocycles. The van der Waals surface area contributed by atoms with Crippen LogP contribution < -0.4 is 9.64 Å². The highest BCUT2D eigenvalue weighted by Crippen LogP contribution is 2.34. The van der Waals surface area contributed by atoms with Crippen molar-refractivity contribution in [1.82, 2.24) is 0 Å². The van der Waals surface area contributed by atoms with Crippen LogP contribution in [0.1, 0.15) is 26.2 Å². The Kier molecular flexibility index (Phi) is 4.95. The first-order chi connectivity index (χ1) is 9.61. The summed E-state index contributed by atoms with van der Waals surface area (Å²) in [6, 6.07) is 4.28. The van der Waals surface area contributed by atoms with Gasteiger partial charge < -0.3 is 14.4 Å². The molecule has 1 amide bonds. The molecule has 20 heavy (non-hydrogen) atoms. The van der Waals surface area contributed by atoms with Crippen LogP contribution in [0.3, 0.4) is 0 Å². The van der Waals surface area contributed by atoms with E-state index < -0.39 is 0 Å². The van der Waals surface area contributed by atoms with Crippen molar-refractivity contribution in [2.45, 2.75) is 32.3 Å². The lowest BCUT2D eigenvalue weighted by Crippen LogP contribution is -2.42. The molecule has 0 saturated carbocycles. The lowest BCUT2D eigenvalue weighted by atomic mass is 10.1. The summed E-state index contributed by atoms with van der Waals surface area (Å²) < 4.78 is 23.8. The summed E-state index contributed by atoms with van der Waals surface area (Å²) >= 11 is 0. The zero-order valence-corrected chi connectivity index (χ0v) is 11.9. The molecule has 1 aliphatic heterocycles. The fourth-order valence-corrected chi connectivity index (χ4v) is 2.31. The van der Waals surface area contributed by atoms with Gasteiger partial charge in [0.05, 0.1) is 12.2 Å². The SMILES string of the molecule is COCCCCC(=O)N1CC(C)Oc2cc(F)ccc21. The van der Waals surface area contributed by atoms with Gasteiger partial charge in [-0.2, -0.15) is 0 Å². The van der Waals surface area contributed by atoms with E-state index in [1.807, 2.05) is 6.92 Å². The number of fused-ring (bicyclic) bond motifs is 1. The molecule has 5 heteroatoms. The second kappa shape index (κ2) is 6.70. The molecule has 0 bridgehead atoms. The van der Waals surface area contributed by atoms with Gasteiger partial charge in [0.1, 0.15) is 17.7 Å². The highest BCUT2D eigenvalue weighted by molar-refractivity contribution is 5.95. The van der Waals surface area contributed by atoms with Crippen molar-refractivity contribution in [3.8, 4) is 5.75 Å². The van der Waals surface area contributed by atoms with E-state index in [1.54, 1.807) is 18.1 Å². The van der Waals surface area contributed by atoms with Crippen molar-refractivity contribution in [2.24, 2.45) is 0 Å². The van der Waals surface area contributed by atoms with Crippen molar-refractivity contribution in [1.29, 1.82) is 0 Å². The topological polar surface area (TPSA) is 38.8 Å². The van der Waals surface area contributed by atoms with Gasteiger partial charge in [-0.05, 0) is 31.9 Å². The van der Waals surface area contributed by atoms with Gasteiger partial charge in [0.25, 0.3) is 0 Å². The van der Waals surface area contributed by atoms with Gasteiger partial charge in [0, 0.05) is 26.2 Å².